The number of hydrogen-bond acceptors (Lipinski definition) is 3. The van der Waals surface area contributed by atoms with Crippen LogP contribution in [0.3, 0.4) is 0 Å². The molecule has 15 heavy (non-hydrogen) atoms. The Morgan fingerprint density at radius 2 is 2.07 bits per heavy atom. The fourth-order valence-electron chi connectivity index (χ4n) is 1.44. The zero-order valence-electron chi connectivity index (χ0n) is 8.61. The van der Waals surface area contributed by atoms with Crippen LogP contribution in [0.25, 0.3) is 0 Å². The molecule has 0 saturated carbocycles. The molecule has 0 amide bonds. The van der Waals surface area contributed by atoms with E-state index in [1.165, 1.54) is 7.11 Å². The van der Waals surface area contributed by atoms with Crippen molar-refractivity contribution in [2.75, 3.05) is 7.11 Å². The van der Waals surface area contributed by atoms with E-state index >= 15 is 0 Å². The van der Waals surface area contributed by atoms with Crippen LogP contribution in [0.15, 0.2) is 28.7 Å². The summed E-state index contributed by atoms with van der Waals surface area (Å²) in [6.45, 7) is 1.57. The predicted octanol–water partition coefficient (Wildman–Crippen LogP) is 2.09. The number of hydrogen-bond donors (Lipinski definition) is 1. The van der Waals surface area contributed by atoms with Gasteiger partial charge >= 0.3 is 5.97 Å². The van der Waals surface area contributed by atoms with Crippen molar-refractivity contribution in [3.05, 3.63) is 34.3 Å². The largest absolute Gasteiger partial charge is 0.468 e. The minimum Gasteiger partial charge on any atom is -0.468 e. The maximum absolute atomic E-state index is 11.5. The van der Waals surface area contributed by atoms with Gasteiger partial charge in [-0.3, -0.25) is 4.79 Å². The molecule has 0 aromatic heterocycles. The molecular weight excluding hydrogens is 260 g/mol. The zero-order valence-corrected chi connectivity index (χ0v) is 10.2. The van der Waals surface area contributed by atoms with Crippen molar-refractivity contribution in [2.45, 2.75) is 18.9 Å². The van der Waals surface area contributed by atoms with Gasteiger partial charge in [0.1, 0.15) is 5.92 Å². The molecule has 1 aromatic carbocycles. The Hall–Kier alpha value is -0.870. The van der Waals surface area contributed by atoms with Gasteiger partial charge in [-0.25, -0.2) is 0 Å². The second-order valence-corrected chi connectivity index (χ2v) is 4.12. The number of benzene rings is 1. The van der Waals surface area contributed by atoms with E-state index in [0.29, 0.717) is 0 Å². The highest BCUT2D eigenvalue weighted by Crippen LogP contribution is 2.28. The molecule has 1 N–H and O–H groups in total. The highest BCUT2D eigenvalue weighted by atomic mass is 79.9. The second-order valence-electron chi connectivity index (χ2n) is 3.26. The Balaban J connectivity index is 3.10. The van der Waals surface area contributed by atoms with Crippen LogP contribution in [-0.4, -0.2) is 24.3 Å². The average molecular weight is 273 g/mol. The van der Waals surface area contributed by atoms with Gasteiger partial charge in [-0.1, -0.05) is 34.1 Å². The second kappa shape index (κ2) is 5.28. The Kier molecular flexibility index (Phi) is 4.29. The molecule has 0 aliphatic rings. The summed E-state index contributed by atoms with van der Waals surface area (Å²) in [6.07, 6.45) is -0.781. The number of aliphatic hydroxyl groups excluding tert-OH is 1. The maximum Gasteiger partial charge on any atom is 0.315 e. The van der Waals surface area contributed by atoms with Crippen LogP contribution in [0, 0.1) is 0 Å². The van der Waals surface area contributed by atoms with Crippen LogP contribution in [0.4, 0.5) is 0 Å². The molecule has 0 aliphatic carbocycles. The smallest absolute Gasteiger partial charge is 0.315 e. The van der Waals surface area contributed by atoms with E-state index < -0.39 is 18.0 Å². The Morgan fingerprint density at radius 1 is 1.47 bits per heavy atom. The normalized spacial score (nSPS) is 14.4. The lowest BCUT2D eigenvalue weighted by molar-refractivity contribution is -0.145. The zero-order chi connectivity index (χ0) is 11.4. The number of esters is 1. The lowest BCUT2D eigenvalue weighted by atomic mass is 9.94. The summed E-state index contributed by atoms with van der Waals surface area (Å²) >= 11 is 3.34. The molecule has 82 valence electrons. The van der Waals surface area contributed by atoms with E-state index in [-0.39, 0.29) is 0 Å². The first-order valence-corrected chi connectivity index (χ1v) is 5.37. The van der Waals surface area contributed by atoms with E-state index in [1.54, 1.807) is 13.0 Å². The predicted molar refractivity (Wildman–Crippen MR) is 60.6 cm³/mol. The summed E-state index contributed by atoms with van der Waals surface area (Å²) in [5, 5.41) is 9.57. The molecule has 2 atom stereocenters. The van der Waals surface area contributed by atoms with Crippen LogP contribution in [0.1, 0.15) is 18.4 Å². The average Bonchev–Trinajstić information content (AvgIpc) is 2.20. The summed E-state index contributed by atoms with van der Waals surface area (Å²) in [4.78, 5) is 11.5. The minimum absolute atomic E-state index is 0.433. The van der Waals surface area contributed by atoms with Crippen molar-refractivity contribution in [1.29, 1.82) is 0 Å². The van der Waals surface area contributed by atoms with Crippen LogP contribution in [0.2, 0.25) is 0 Å². The Labute approximate surface area is 97.2 Å². The molecule has 1 rings (SSSR count). The van der Waals surface area contributed by atoms with Gasteiger partial charge in [0.05, 0.1) is 13.2 Å². The van der Waals surface area contributed by atoms with Gasteiger partial charge in [0.25, 0.3) is 0 Å². The van der Waals surface area contributed by atoms with Crippen LogP contribution in [-0.2, 0) is 9.53 Å². The third-order valence-corrected chi connectivity index (χ3v) is 2.90. The van der Waals surface area contributed by atoms with Gasteiger partial charge < -0.3 is 9.84 Å². The number of carbonyl (C=O) groups excluding carboxylic acids is 1. The lowest BCUT2D eigenvalue weighted by Gasteiger charge is -2.18. The number of aliphatic hydroxyl groups is 1. The van der Waals surface area contributed by atoms with E-state index in [2.05, 4.69) is 20.7 Å². The number of carbonyl (C=O) groups is 1. The molecule has 0 aliphatic heterocycles. The Morgan fingerprint density at radius 3 is 2.53 bits per heavy atom. The summed E-state index contributed by atoms with van der Waals surface area (Å²) in [6, 6.07) is 7.29. The Bertz CT molecular complexity index is 349. The minimum atomic E-state index is -0.781. The first-order chi connectivity index (χ1) is 7.07. The highest BCUT2D eigenvalue weighted by Gasteiger charge is 2.27. The van der Waals surface area contributed by atoms with Gasteiger partial charge in [-0.15, -0.1) is 0 Å². The van der Waals surface area contributed by atoms with Gasteiger partial charge in [0.15, 0.2) is 0 Å². The van der Waals surface area contributed by atoms with E-state index in [4.69, 9.17) is 0 Å². The van der Waals surface area contributed by atoms with Crippen molar-refractivity contribution in [1.82, 2.24) is 0 Å². The van der Waals surface area contributed by atoms with E-state index in [9.17, 15) is 9.90 Å². The van der Waals surface area contributed by atoms with Gasteiger partial charge in [0.2, 0.25) is 0 Å². The van der Waals surface area contributed by atoms with Crippen LogP contribution in [0.5, 0.6) is 0 Å². The van der Waals surface area contributed by atoms with Crippen molar-refractivity contribution in [3.63, 3.8) is 0 Å². The molecule has 0 saturated heterocycles. The first-order valence-electron chi connectivity index (χ1n) is 4.58. The summed E-state index contributed by atoms with van der Waals surface area (Å²) in [5.41, 5.74) is 0.736. The van der Waals surface area contributed by atoms with Gasteiger partial charge in [0, 0.05) is 4.47 Å². The topological polar surface area (TPSA) is 46.5 Å². The molecule has 0 radical (unpaired) electrons. The molecule has 2 unspecified atom stereocenters. The summed E-state index contributed by atoms with van der Waals surface area (Å²) in [5.74, 6) is -1.08. The van der Waals surface area contributed by atoms with Crippen molar-refractivity contribution < 1.29 is 14.6 Å². The highest BCUT2D eigenvalue weighted by molar-refractivity contribution is 9.10. The van der Waals surface area contributed by atoms with Gasteiger partial charge in [-0.05, 0) is 18.6 Å². The molecule has 0 bridgehead atoms. The molecule has 0 heterocycles. The number of rotatable bonds is 3. The molecule has 0 spiro atoms. The van der Waals surface area contributed by atoms with Crippen molar-refractivity contribution >= 4 is 21.9 Å². The fraction of sp³-hybridized carbons (Fsp3) is 0.364. The third-order valence-electron chi connectivity index (χ3n) is 2.18. The summed E-state index contributed by atoms with van der Waals surface area (Å²) < 4.78 is 5.46. The molecular formula is C11H13BrO3. The number of halogens is 1. The van der Waals surface area contributed by atoms with Gasteiger partial charge in [-0.2, -0.15) is 0 Å². The first kappa shape index (κ1) is 12.2. The van der Waals surface area contributed by atoms with Crippen molar-refractivity contribution in [2.24, 2.45) is 0 Å². The summed E-state index contributed by atoms with van der Waals surface area (Å²) in [7, 11) is 1.31. The van der Waals surface area contributed by atoms with E-state index in [0.717, 1.165) is 10.0 Å². The van der Waals surface area contributed by atoms with Crippen molar-refractivity contribution in [3.8, 4) is 0 Å². The fourth-order valence-corrected chi connectivity index (χ4v) is 1.97. The lowest BCUT2D eigenvalue weighted by Crippen LogP contribution is -2.25. The van der Waals surface area contributed by atoms with Crippen LogP contribution >= 0.6 is 15.9 Å². The molecule has 3 nitrogen and oxygen atoms in total. The van der Waals surface area contributed by atoms with Crippen LogP contribution < -0.4 is 0 Å². The third kappa shape index (κ3) is 2.79. The molecule has 0 fully saturated rings. The molecule has 4 heteroatoms. The number of methoxy groups -OCH3 is 1. The number of ether oxygens (including phenoxy) is 1. The monoisotopic (exact) mass is 272 g/mol. The SMILES string of the molecule is COC(=O)C(c1ccccc1Br)C(C)O. The quantitative estimate of drug-likeness (QED) is 0.858. The molecule has 1 aromatic rings. The standard InChI is InChI=1S/C11H13BrO3/c1-7(13)10(11(14)15-2)8-5-3-4-6-9(8)12/h3-7,10,13H,1-2H3. The maximum atomic E-state index is 11.5. The van der Waals surface area contributed by atoms with E-state index in [1.807, 2.05) is 18.2 Å².